The van der Waals surface area contributed by atoms with Crippen molar-refractivity contribution in [3.8, 4) is 0 Å². The van der Waals surface area contributed by atoms with Gasteiger partial charge in [0.25, 0.3) is 0 Å². The van der Waals surface area contributed by atoms with Crippen LogP contribution >= 0.6 is 0 Å². The van der Waals surface area contributed by atoms with E-state index in [1.165, 1.54) is 0 Å². The van der Waals surface area contributed by atoms with Crippen LogP contribution in [0.4, 0.5) is 0 Å². The summed E-state index contributed by atoms with van der Waals surface area (Å²) in [7, 11) is 0. The zero-order valence-corrected chi connectivity index (χ0v) is 8.17. The van der Waals surface area contributed by atoms with Gasteiger partial charge in [-0.15, -0.1) is 0 Å². The van der Waals surface area contributed by atoms with Crippen LogP contribution < -0.4 is 0 Å². The molecule has 0 radical (unpaired) electrons. The number of aromatic nitrogens is 2. The number of ether oxygens (including phenoxy) is 1. The van der Waals surface area contributed by atoms with Gasteiger partial charge in [-0.05, 0) is 12.3 Å². The maximum atomic E-state index is 5.26. The molecule has 0 N–H and O–H groups in total. The third-order valence-corrected chi connectivity index (χ3v) is 2.24. The van der Waals surface area contributed by atoms with Crippen LogP contribution in [0.2, 0.25) is 0 Å². The summed E-state index contributed by atoms with van der Waals surface area (Å²) in [6.45, 7) is 4.57. The average Bonchev–Trinajstić information content (AvgIpc) is 2.72. The Morgan fingerprint density at radius 1 is 1.36 bits per heavy atom. The average molecular weight is 193 g/mol. The van der Waals surface area contributed by atoms with E-state index in [1.807, 2.05) is 17.1 Å². The second-order valence-electron chi connectivity index (χ2n) is 3.29. The molecule has 76 valence electrons. The maximum Gasteiger partial charge on any atom is 0.0948 e. The van der Waals surface area contributed by atoms with E-state index >= 15 is 0 Å². The molecule has 1 aromatic heterocycles. The van der Waals surface area contributed by atoms with E-state index in [9.17, 15) is 0 Å². The Morgan fingerprint density at radius 2 is 2.21 bits per heavy atom. The molecule has 14 heavy (non-hydrogen) atoms. The minimum absolute atomic E-state index is 0.843. The molecule has 4 heteroatoms. The molecule has 0 aliphatic carbocycles. The molecular weight excluding hydrogens is 178 g/mol. The molecule has 2 heterocycles. The highest BCUT2D eigenvalue weighted by Gasteiger charge is 2.04. The van der Waals surface area contributed by atoms with Gasteiger partial charge in [0.2, 0.25) is 0 Å². The number of nitrogens with zero attached hydrogens (tertiary/aromatic N) is 3. The first-order valence-corrected chi connectivity index (χ1v) is 4.89. The van der Waals surface area contributed by atoms with Crippen LogP contribution in [0.3, 0.4) is 0 Å². The highest BCUT2D eigenvalue weighted by atomic mass is 16.5. The largest absolute Gasteiger partial charge is 0.378 e. The molecule has 0 atom stereocenters. The molecule has 1 saturated heterocycles. The second-order valence-corrected chi connectivity index (χ2v) is 3.29. The first-order valence-electron chi connectivity index (χ1n) is 4.89. The van der Waals surface area contributed by atoms with Crippen LogP contribution in [0.25, 0.3) is 0 Å². The predicted molar refractivity (Wildman–Crippen MR) is 53.8 cm³/mol. The van der Waals surface area contributed by atoms with E-state index in [0.29, 0.717) is 0 Å². The third-order valence-electron chi connectivity index (χ3n) is 2.24. The Balaban J connectivity index is 1.76. The monoisotopic (exact) mass is 193 g/mol. The topological polar surface area (TPSA) is 30.3 Å². The smallest absolute Gasteiger partial charge is 0.0948 e. The molecule has 0 spiro atoms. The van der Waals surface area contributed by atoms with Gasteiger partial charge >= 0.3 is 0 Å². The summed E-state index contributed by atoms with van der Waals surface area (Å²) in [4.78, 5) is 6.26. The van der Waals surface area contributed by atoms with Gasteiger partial charge in [-0.1, -0.05) is 0 Å². The zero-order chi connectivity index (χ0) is 9.64. The summed E-state index contributed by atoms with van der Waals surface area (Å²) in [6.07, 6.45) is 9.87. The quantitative estimate of drug-likeness (QED) is 0.709. The molecule has 1 aliphatic heterocycles. The molecule has 1 aromatic rings. The van der Waals surface area contributed by atoms with E-state index in [4.69, 9.17) is 4.74 Å². The Kier molecular flexibility index (Phi) is 3.19. The molecule has 4 nitrogen and oxygen atoms in total. The summed E-state index contributed by atoms with van der Waals surface area (Å²) in [5, 5.41) is 0. The first-order chi connectivity index (χ1) is 6.95. The lowest BCUT2D eigenvalue weighted by Gasteiger charge is -2.24. The van der Waals surface area contributed by atoms with Gasteiger partial charge in [0.05, 0.1) is 19.5 Å². The van der Waals surface area contributed by atoms with Gasteiger partial charge in [0.15, 0.2) is 0 Å². The Hall–Kier alpha value is -1.29. The van der Waals surface area contributed by atoms with Crippen molar-refractivity contribution in [1.29, 1.82) is 0 Å². The maximum absolute atomic E-state index is 5.26. The molecule has 0 saturated carbocycles. The van der Waals surface area contributed by atoms with Crippen molar-refractivity contribution in [2.24, 2.45) is 0 Å². The van der Waals surface area contributed by atoms with E-state index in [2.05, 4.69) is 22.2 Å². The van der Waals surface area contributed by atoms with Gasteiger partial charge in [-0.2, -0.15) is 0 Å². The molecule has 0 bridgehead atoms. The number of allylic oxidation sites excluding steroid dienone is 1. The fourth-order valence-corrected chi connectivity index (χ4v) is 1.44. The van der Waals surface area contributed by atoms with Gasteiger partial charge < -0.3 is 14.2 Å². The molecule has 1 aliphatic rings. The third kappa shape index (κ3) is 2.60. The van der Waals surface area contributed by atoms with Crippen LogP contribution in [0, 0.1) is 0 Å². The van der Waals surface area contributed by atoms with Crippen molar-refractivity contribution in [2.45, 2.75) is 6.54 Å². The molecular formula is C10H15N3O. The summed E-state index contributed by atoms with van der Waals surface area (Å²) in [6, 6.07) is 0. The minimum atomic E-state index is 0.843. The number of rotatable bonds is 3. The predicted octanol–water partition coefficient (Wildman–Crippen LogP) is 0.729. The van der Waals surface area contributed by atoms with E-state index in [-0.39, 0.29) is 0 Å². The van der Waals surface area contributed by atoms with Crippen molar-refractivity contribution in [3.63, 3.8) is 0 Å². The van der Waals surface area contributed by atoms with Crippen LogP contribution in [0.5, 0.6) is 0 Å². The van der Waals surface area contributed by atoms with Crippen molar-refractivity contribution in [1.82, 2.24) is 14.5 Å². The highest BCUT2D eigenvalue weighted by Crippen LogP contribution is 1.97. The Bertz CT molecular complexity index is 276. The lowest BCUT2D eigenvalue weighted by molar-refractivity contribution is 0.0592. The highest BCUT2D eigenvalue weighted by molar-refractivity contribution is 4.86. The summed E-state index contributed by atoms with van der Waals surface area (Å²) >= 11 is 0. The van der Waals surface area contributed by atoms with E-state index in [1.54, 1.807) is 6.20 Å². The lowest BCUT2D eigenvalue weighted by Crippen LogP contribution is -2.32. The van der Waals surface area contributed by atoms with Crippen LogP contribution in [-0.2, 0) is 11.3 Å². The first kappa shape index (κ1) is 9.27. The van der Waals surface area contributed by atoms with E-state index < -0.39 is 0 Å². The number of hydrogen-bond acceptors (Lipinski definition) is 3. The molecule has 1 fully saturated rings. The molecule has 2 rings (SSSR count). The number of imidazole rings is 1. The fraction of sp³-hybridized carbons (Fsp3) is 0.500. The van der Waals surface area contributed by atoms with Crippen molar-refractivity contribution < 1.29 is 4.74 Å². The van der Waals surface area contributed by atoms with Gasteiger partial charge in [-0.25, -0.2) is 4.98 Å². The second kappa shape index (κ2) is 4.81. The van der Waals surface area contributed by atoms with Gasteiger partial charge in [-0.3, -0.25) is 0 Å². The zero-order valence-electron chi connectivity index (χ0n) is 8.17. The van der Waals surface area contributed by atoms with Crippen LogP contribution in [0.15, 0.2) is 31.0 Å². The summed E-state index contributed by atoms with van der Waals surface area (Å²) < 4.78 is 7.30. The number of morpholine rings is 1. The molecule has 0 unspecified atom stereocenters. The van der Waals surface area contributed by atoms with Crippen molar-refractivity contribution in [2.75, 3.05) is 26.3 Å². The molecule has 0 aromatic carbocycles. The van der Waals surface area contributed by atoms with Crippen LogP contribution in [0.1, 0.15) is 0 Å². The Morgan fingerprint density at radius 3 is 2.93 bits per heavy atom. The summed E-state index contributed by atoms with van der Waals surface area (Å²) in [5.41, 5.74) is 0. The number of hydrogen-bond donors (Lipinski definition) is 0. The van der Waals surface area contributed by atoms with Crippen molar-refractivity contribution in [3.05, 3.63) is 31.0 Å². The SMILES string of the molecule is C(=CN1CCOCC1)Cn1ccnc1. The Labute approximate surface area is 83.8 Å². The summed E-state index contributed by atoms with van der Waals surface area (Å²) in [5.74, 6) is 0. The van der Waals surface area contributed by atoms with Gasteiger partial charge in [0.1, 0.15) is 0 Å². The van der Waals surface area contributed by atoms with E-state index in [0.717, 1.165) is 32.8 Å². The normalized spacial score (nSPS) is 17.9. The fourth-order valence-electron chi connectivity index (χ4n) is 1.44. The van der Waals surface area contributed by atoms with Crippen molar-refractivity contribution >= 4 is 0 Å². The lowest BCUT2D eigenvalue weighted by atomic mass is 10.4. The standard InChI is InChI=1S/C10H15N3O/c1(4-13-5-2-11-10-13)3-12-6-8-14-9-7-12/h1-3,5,10H,4,6-9H2. The van der Waals surface area contributed by atoms with Gasteiger partial charge in [0, 0.05) is 32.0 Å². The molecule has 0 amide bonds. The van der Waals surface area contributed by atoms with Crippen LogP contribution in [-0.4, -0.2) is 40.8 Å². The minimum Gasteiger partial charge on any atom is -0.378 e.